The van der Waals surface area contributed by atoms with Gasteiger partial charge >= 0.3 is 0 Å². The molecule has 2 aliphatic heterocycles. The predicted molar refractivity (Wildman–Crippen MR) is 119 cm³/mol. The molecule has 2 aromatic rings. The monoisotopic (exact) mass is 442 g/mol. The maximum absolute atomic E-state index is 6.42. The molecule has 3 atom stereocenters. The highest BCUT2D eigenvalue weighted by atomic mass is 35.5. The second-order valence-electron chi connectivity index (χ2n) is 10.1. The summed E-state index contributed by atoms with van der Waals surface area (Å²) < 4.78 is 7.96. The first-order chi connectivity index (χ1) is 15.0. The van der Waals surface area contributed by atoms with Gasteiger partial charge in [0.2, 0.25) is 5.28 Å². The van der Waals surface area contributed by atoms with Crippen LogP contribution >= 0.6 is 11.6 Å². The second kappa shape index (κ2) is 7.42. The summed E-state index contributed by atoms with van der Waals surface area (Å²) in [5.41, 5.74) is 12.7. The summed E-state index contributed by atoms with van der Waals surface area (Å²) in [7, 11) is 0. The molecule has 6 rings (SSSR count). The molecule has 0 spiro atoms. The lowest BCUT2D eigenvalue weighted by Crippen LogP contribution is -2.46. The quantitative estimate of drug-likeness (QED) is 0.732. The van der Waals surface area contributed by atoms with Gasteiger partial charge in [-0.2, -0.15) is 5.10 Å². The van der Waals surface area contributed by atoms with Crippen LogP contribution in [0.2, 0.25) is 5.28 Å². The Morgan fingerprint density at radius 1 is 1.19 bits per heavy atom. The minimum atomic E-state index is 0.305. The van der Waals surface area contributed by atoms with Gasteiger partial charge in [0.15, 0.2) is 0 Å². The van der Waals surface area contributed by atoms with Crippen LogP contribution in [-0.4, -0.2) is 32.3 Å². The van der Waals surface area contributed by atoms with E-state index in [1.165, 1.54) is 49.8 Å². The van der Waals surface area contributed by atoms with Crippen LogP contribution in [0.5, 0.6) is 0 Å². The van der Waals surface area contributed by atoms with E-state index in [1.54, 1.807) is 0 Å². The fourth-order valence-electron chi connectivity index (χ4n) is 6.58. The number of nitrogens with two attached hydrogens (primary N) is 1. The Morgan fingerprint density at radius 2 is 2.10 bits per heavy atom. The summed E-state index contributed by atoms with van der Waals surface area (Å²) in [5.74, 6) is 1.64. The van der Waals surface area contributed by atoms with Crippen LogP contribution in [0.4, 0.5) is 5.82 Å². The van der Waals surface area contributed by atoms with E-state index < -0.39 is 0 Å². The van der Waals surface area contributed by atoms with Crippen molar-refractivity contribution < 1.29 is 4.74 Å². The Balaban J connectivity index is 1.27. The summed E-state index contributed by atoms with van der Waals surface area (Å²) in [6.45, 7) is 6.02. The van der Waals surface area contributed by atoms with Gasteiger partial charge in [0.05, 0.1) is 24.6 Å². The van der Waals surface area contributed by atoms with Crippen LogP contribution in [0.15, 0.2) is 0 Å². The molecule has 3 unspecified atom stereocenters. The van der Waals surface area contributed by atoms with Crippen molar-refractivity contribution in [3.8, 4) is 0 Å². The third-order valence-electron chi connectivity index (χ3n) is 8.24. The summed E-state index contributed by atoms with van der Waals surface area (Å²) in [5, 5.41) is 5.35. The maximum atomic E-state index is 6.42. The van der Waals surface area contributed by atoms with Gasteiger partial charge in [-0.05, 0) is 62.0 Å². The number of nitrogens with zero attached hydrogens (tertiary/aromatic N) is 5. The number of hydrogen-bond donors (Lipinski definition) is 1. The number of hydrogen-bond acceptors (Lipinski definition) is 6. The van der Waals surface area contributed by atoms with E-state index in [4.69, 9.17) is 27.2 Å². The number of aromatic nitrogens is 4. The average Bonchev–Trinajstić information content (AvgIpc) is 3.35. The number of fused-ring (bicyclic) bond motifs is 4. The van der Waals surface area contributed by atoms with Gasteiger partial charge in [0.25, 0.3) is 0 Å². The molecule has 0 radical (unpaired) electrons. The highest BCUT2D eigenvalue weighted by Gasteiger charge is 2.43. The third kappa shape index (κ3) is 3.36. The molecular weight excluding hydrogens is 412 g/mol. The Kier molecular flexibility index (Phi) is 4.78. The molecule has 2 N–H and O–H groups in total. The molecule has 2 fully saturated rings. The number of rotatable bonds is 3. The Labute approximate surface area is 188 Å². The van der Waals surface area contributed by atoms with Gasteiger partial charge < -0.3 is 15.4 Å². The van der Waals surface area contributed by atoms with E-state index >= 15 is 0 Å². The van der Waals surface area contributed by atoms with Crippen molar-refractivity contribution >= 4 is 17.4 Å². The van der Waals surface area contributed by atoms with Crippen LogP contribution in [0, 0.1) is 18.3 Å². The average molecular weight is 443 g/mol. The van der Waals surface area contributed by atoms with Crippen LogP contribution < -0.4 is 10.6 Å². The minimum Gasteiger partial charge on any atom is -0.370 e. The van der Waals surface area contributed by atoms with Crippen molar-refractivity contribution in [2.75, 3.05) is 11.4 Å². The molecule has 4 heterocycles. The molecule has 4 aliphatic rings. The van der Waals surface area contributed by atoms with Crippen LogP contribution in [0.1, 0.15) is 66.7 Å². The van der Waals surface area contributed by atoms with E-state index in [0.29, 0.717) is 35.9 Å². The highest BCUT2D eigenvalue weighted by Crippen LogP contribution is 2.49. The highest BCUT2D eigenvalue weighted by molar-refractivity contribution is 6.28. The van der Waals surface area contributed by atoms with E-state index in [0.717, 1.165) is 48.8 Å². The van der Waals surface area contributed by atoms with Crippen molar-refractivity contribution in [2.24, 2.45) is 17.1 Å². The molecule has 2 aliphatic carbocycles. The molecule has 31 heavy (non-hydrogen) atoms. The molecule has 2 aromatic heterocycles. The molecule has 8 heteroatoms. The van der Waals surface area contributed by atoms with Gasteiger partial charge in [0.1, 0.15) is 5.82 Å². The first-order valence-corrected chi connectivity index (χ1v) is 12.1. The van der Waals surface area contributed by atoms with Gasteiger partial charge in [-0.1, -0.05) is 6.42 Å². The molecule has 0 amide bonds. The third-order valence-corrected chi connectivity index (χ3v) is 8.41. The largest absolute Gasteiger partial charge is 0.370 e. The van der Waals surface area contributed by atoms with Crippen molar-refractivity contribution in [3.05, 3.63) is 33.5 Å². The zero-order chi connectivity index (χ0) is 21.2. The SMILES string of the molecule is Cc1nn(CC23CCCC(C2)C(N)CC3)c2c1CN(c1nc(Cl)nc3c1COC3)CC2. The summed E-state index contributed by atoms with van der Waals surface area (Å²) in [4.78, 5) is 11.3. The van der Waals surface area contributed by atoms with Gasteiger partial charge in [-0.25, -0.2) is 9.97 Å². The fraction of sp³-hybridized carbons (Fsp3) is 0.696. The van der Waals surface area contributed by atoms with Crippen LogP contribution in [-0.2, 0) is 37.5 Å². The zero-order valence-corrected chi connectivity index (χ0v) is 19.0. The van der Waals surface area contributed by atoms with Gasteiger partial charge in [-0.3, -0.25) is 4.68 Å². The second-order valence-corrected chi connectivity index (χ2v) is 10.5. The standard InChI is InChI=1S/C23H31ClN6O/c1-14-16-10-29(21-17-11-31-12-19(17)26-22(24)27-21)8-5-20(16)30(28-14)13-23-6-2-3-15(9-23)18(25)4-7-23/h15,18H,2-13,25H2,1H3. The predicted octanol–water partition coefficient (Wildman–Crippen LogP) is 3.53. The first-order valence-electron chi connectivity index (χ1n) is 11.7. The van der Waals surface area contributed by atoms with E-state index in [-0.39, 0.29) is 0 Å². The number of halogens is 1. The molecule has 0 saturated heterocycles. The molecule has 2 bridgehead atoms. The molecule has 2 saturated carbocycles. The summed E-state index contributed by atoms with van der Waals surface area (Å²) in [6.07, 6.45) is 8.62. The Bertz CT molecular complexity index is 1020. The van der Waals surface area contributed by atoms with Gasteiger partial charge in [0, 0.05) is 48.9 Å². The zero-order valence-electron chi connectivity index (χ0n) is 18.2. The fourth-order valence-corrected chi connectivity index (χ4v) is 6.76. The van der Waals surface area contributed by atoms with Crippen molar-refractivity contribution in [3.63, 3.8) is 0 Å². The van der Waals surface area contributed by atoms with Gasteiger partial charge in [-0.15, -0.1) is 0 Å². The van der Waals surface area contributed by atoms with Crippen molar-refractivity contribution in [1.29, 1.82) is 0 Å². The molecular formula is C23H31ClN6O. The summed E-state index contributed by atoms with van der Waals surface area (Å²) in [6, 6.07) is 0.403. The first kappa shape index (κ1) is 19.9. The Morgan fingerprint density at radius 3 is 3.00 bits per heavy atom. The molecule has 0 aromatic carbocycles. The lowest BCUT2D eigenvalue weighted by Gasteiger charge is -2.48. The van der Waals surface area contributed by atoms with Crippen LogP contribution in [0.25, 0.3) is 0 Å². The van der Waals surface area contributed by atoms with E-state index in [2.05, 4.69) is 26.5 Å². The lowest BCUT2D eigenvalue weighted by atomic mass is 9.60. The summed E-state index contributed by atoms with van der Waals surface area (Å²) >= 11 is 6.22. The smallest absolute Gasteiger partial charge is 0.224 e. The number of aryl methyl sites for hydroxylation is 1. The number of anilines is 1. The van der Waals surface area contributed by atoms with Crippen LogP contribution in [0.3, 0.4) is 0 Å². The molecule has 166 valence electrons. The van der Waals surface area contributed by atoms with Crippen molar-refractivity contribution in [1.82, 2.24) is 19.7 Å². The van der Waals surface area contributed by atoms with E-state index in [9.17, 15) is 0 Å². The minimum absolute atomic E-state index is 0.305. The lowest BCUT2D eigenvalue weighted by molar-refractivity contribution is 0.0423. The maximum Gasteiger partial charge on any atom is 0.224 e. The van der Waals surface area contributed by atoms with Crippen molar-refractivity contribution in [2.45, 2.75) is 84.2 Å². The molecule has 7 nitrogen and oxygen atoms in total. The topological polar surface area (TPSA) is 82.1 Å². The number of ether oxygens (including phenoxy) is 1. The normalized spacial score (nSPS) is 29.7. The van der Waals surface area contributed by atoms with E-state index in [1.807, 2.05) is 0 Å². The Hall–Kier alpha value is -1.70.